The summed E-state index contributed by atoms with van der Waals surface area (Å²) in [6, 6.07) is 2.99. The van der Waals surface area contributed by atoms with Gasteiger partial charge in [-0.25, -0.2) is 8.78 Å². The van der Waals surface area contributed by atoms with Gasteiger partial charge in [0.2, 0.25) is 0 Å². The number of carbonyl (C=O) groups excluding carboxylic acids is 1. The fourth-order valence-electron chi connectivity index (χ4n) is 2.01. The van der Waals surface area contributed by atoms with Crippen LogP contribution in [0.4, 0.5) is 8.78 Å². The van der Waals surface area contributed by atoms with Crippen LogP contribution in [0, 0.1) is 11.6 Å². The first-order chi connectivity index (χ1) is 10.5. The molecule has 22 heavy (non-hydrogen) atoms. The molecule has 0 fully saturated rings. The van der Waals surface area contributed by atoms with Crippen molar-refractivity contribution in [3.05, 3.63) is 29.8 Å². The number of nitrogens with zero attached hydrogens (tertiary/aromatic N) is 1. The number of hydrogen-bond acceptors (Lipinski definition) is 3. The van der Waals surface area contributed by atoms with Crippen LogP contribution in [-0.2, 0) is 4.79 Å². The molecule has 0 heterocycles. The highest BCUT2D eigenvalue weighted by Crippen LogP contribution is 2.18. The largest absolute Gasteiger partial charge is 0.478 e. The Bertz CT molecular complexity index is 479. The average molecular weight is 314 g/mol. The first-order valence-electron chi connectivity index (χ1n) is 7.59. The van der Waals surface area contributed by atoms with Gasteiger partial charge in [0.25, 0.3) is 5.91 Å². The Hall–Kier alpha value is -1.69. The van der Waals surface area contributed by atoms with Gasteiger partial charge in [-0.15, -0.1) is 0 Å². The molecular weight excluding hydrogens is 290 g/mol. The second-order valence-corrected chi connectivity index (χ2v) is 5.01. The third-order valence-electron chi connectivity index (χ3n) is 3.41. The van der Waals surface area contributed by atoms with E-state index >= 15 is 0 Å². The molecule has 1 aromatic carbocycles. The molecule has 1 atom stereocenters. The smallest absolute Gasteiger partial charge is 0.260 e. The molecule has 0 aromatic heterocycles. The van der Waals surface area contributed by atoms with Crippen molar-refractivity contribution in [2.24, 2.45) is 0 Å². The molecule has 0 radical (unpaired) electrons. The number of rotatable bonds is 9. The highest BCUT2D eigenvalue weighted by molar-refractivity contribution is 5.80. The summed E-state index contributed by atoms with van der Waals surface area (Å²) in [6.45, 7) is 9.12. The van der Waals surface area contributed by atoms with Crippen molar-refractivity contribution in [2.45, 2.75) is 33.3 Å². The van der Waals surface area contributed by atoms with Crippen LogP contribution >= 0.6 is 0 Å². The van der Waals surface area contributed by atoms with Crippen LogP contribution in [-0.4, -0.2) is 43.1 Å². The summed E-state index contributed by atoms with van der Waals surface area (Å²) in [7, 11) is 0. The predicted molar refractivity (Wildman–Crippen MR) is 81.9 cm³/mol. The molecule has 0 spiro atoms. The van der Waals surface area contributed by atoms with E-state index in [4.69, 9.17) is 4.74 Å². The van der Waals surface area contributed by atoms with Crippen molar-refractivity contribution in [3.8, 4) is 5.75 Å². The lowest BCUT2D eigenvalue weighted by Crippen LogP contribution is -2.38. The number of carbonyl (C=O) groups is 1. The van der Waals surface area contributed by atoms with Crippen LogP contribution in [0.5, 0.6) is 5.75 Å². The van der Waals surface area contributed by atoms with Crippen molar-refractivity contribution in [2.75, 3.05) is 26.2 Å². The maximum atomic E-state index is 13.4. The minimum atomic E-state index is -0.839. The van der Waals surface area contributed by atoms with Crippen LogP contribution in [0.2, 0.25) is 0 Å². The molecule has 124 valence electrons. The summed E-state index contributed by atoms with van der Waals surface area (Å²) in [6.07, 6.45) is -0.00109. The molecule has 0 bridgehead atoms. The van der Waals surface area contributed by atoms with E-state index in [-0.39, 0.29) is 11.7 Å². The Kier molecular flexibility index (Phi) is 7.80. The second-order valence-electron chi connectivity index (χ2n) is 5.01. The Labute approximate surface area is 130 Å². The number of hydrogen-bond donors (Lipinski definition) is 1. The quantitative estimate of drug-likeness (QED) is 0.712. The van der Waals surface area contributed by atoms with Crippen molar-refractivity contribution in [1.29, 1.82) is 0 Å². The summed E-state index contributed by atoms with van der Waals surface area (Å²) >= 11 is 0. The highest BCUT2D eigenvalue weighted by atomic mass is 19.1. The number of nitrogens with one attached hydrogen (secondary N) is 1. The number of halogens is 2. The van der Waals surface area contributed by atoms with Gasteiger partial charge in [0, 0.05) is 12.6 Å². The molecule has 0 aliphatic rings. The Morgan fingerprint density at radius 3 is 2.59 bits per heavy atom. The van der Waals surface area contributed by atoms with Gasteiger partial charge in [0.1, 0.15) is 5.82 Å². The number of amides is 1. The van der Waals surface area contributed by atoms with E-state index in [1.54, 1.807) is 0 Å². The van der Waals surface area contributed by atoms with Gasteiger partial charge in [-0.05, 0) is 45.1 Å². The van der Waals surface area contributed by atoms with Crippen LogP contribution in [0.3, 0.4) is 0 Å². The fraction of sp³-hybridized carbons (Fsp3) is 0.562. The minimum absolute atomic E-state index is 0.132. The third kappa shape index (κ3) is 5.97. The SMILES string of the molecule is CCN(CC)CCCNC(=O)[C@H](C)Oc1ccc(F)cc1F. The van der Waals surface area contributed by atoms with Gasteiger partial charge in [-0.2, -0.15) is 0 Å². The molecule has 0 saturated carbocycles. The maximum absolute atomic E-state index is 13.4. The first-order valence-corrected chi connectivity index (χ1v) is 7.59. The topological polar surface area (TPSA) is 41.6 Å². The number of ether oxygens (including phenoxy) is 1. The standard InChI is InChI=1S/C16H24F2N2O2/c1-4-20(5-2)10-6-9-19-16(21)12(3)22-15-8-7-13(17)11-14(15)18/h7-8,11-12H,4-6,9-10H2,1-3H3,(H,19,21)/t12-/m0/s1. The molecule has 1 rings (SSSR count). The zero-order valence-corrected chi connectivity index (χ0v) is 13.4. The van der Waals surface area contributed by atoms with E-state index in [0.29, 0.717) is 6.54 Å². The lowest BCUT2D eigenvalue weighted by Gasteiger charge is -2.18. The Balaban J connectivity index is 2.36. The molecule has 0 saturated heterocycles. The van der Waals surface area contributed by atoms with E-state index in [9.17, 15) is 13.6 Å². The summed E-state index contributed by atoms with van der Waals surface area (Å²) in [4.78, 5) is 14.1. The predicted octanol–water partition coefficient (Wildman–Crippen LogP) is 2.58. The van der Waals surface area contributed by atoms with Gasteiger partial charge >= 0.3 is 0 Å². The van der Waals surface area contributed by atoms with Gasteiger partial charge in [0.15, 0.2) is 17.7 Å². The van der Waals surface area contributed by atoms with Gasteiger partial charge in [-0.1, -0.05) is 13.8 Å². The number of benzene rings is 1. The van der Waals surface area contributed by atoms with Crippen molar-refractivity contribution in [1.82, 2.24) is 10.2 Å². The van der Waals surface area contributed by atoms with Gasteiger partial charge in [0.05, 0.1) is 0 Å². The van der Waals surface area contributed by atoms with E-state index in [1.807, 2.05) is 0 Å². The van der Waals surface area contributed by atoms with Crippen molar-refractivity contribution in [3.63, 3.8) is 0 Å². The van der Waals surface area contributed by atoms with Crippen molar-refractivity contribution < 1.29 is 18.3 Å². The Morgan fingerprint density at radius 1 is 1.32 bits per heavy atom. The molecule has 0 aliphatic heterocycles. The van der Waals surface area contributed by atoms with E-state index < -0.39 is 17.7 Å². The van der Waals surface area contributed by atoms with E-state index in [0.717, 1.165) is 38.2 Å². The van der Waals surface area contributed by atoms with Crippen LogP contribution < -0.4 is 10.1 Å². The molecule has 4 nitrogen and oxygen atoms in total. The monoisotopic (exact) mass is 314 g/mol. The Morgan fingerprint density at radius 2 is 2.00 bits per heavy atom. The summed E-state index contributed by atoms with van der Waals surface area (Å²) < 4.78 is 31.5. The molecule has 1 amide bonds. The third-order valence-corrected chi connectivity index (χ3v) is 3.41. The lowest BCUT2D eigenvalue weighted by molar-refractivity contribution is -0.127. The molecule has 1 N–H and O–H groups in total. The van der Waals surface area contributed by atoms with Crippen molar-refractivity contribution >= 4 is 5.91 Å². The second kappa shape index (κ2) is 9.35. The summed E-state index contributed by atoms with van der Waals surface area (Å²) in [5.74, 6) is -1.95. The van der Waals surface area contributed by atoms with Crippen LogP contribution in [0.15, 0.2) is 18.2 Å². The lowest BCUT2D eigenvalue weighted by atomic mass is 10.3. The molecule has 0 aliphatic carbocycles. The van der Waals surface area contributed by atoms with Gasteiger partial charge < -0.3 is 15.0 Å². The van der Waals surface area contributed by atoms with Crippen LogP contribution in [0.1, 0.15) is 27.2 Å². The summed E-state index contributed by atoms with van der Waals surface area (Å²) in [5, 5.41) is 2.75. The normalized spacial score (nSPS) is 12.3. The fourth-order valence-corrected chi connectivity index (χ4v) is 2.01. The van der Waals surface area contributed by atoms with Crippen LogP contribution in [0.25, 0.3) is 0 Å². The van der Waals surface area contributed by atoms with E-state index in [2.05, 4.69) is 24.1 Å². The maximum Gasteiger partial charge on any atom is 0.260 e. The first kappa shape index (κ1) is 18.4. The zero-order chi connectivity index (χ0) is 16.5. The minimum Gasteiger partial charge on any atom is -0.478 e. The summed E-state index contributed by atoms with van der Waals surface area (Å²) in [5.41, 5.74) is 0. The molecule has 0 unspecified atom stereocenters. The average Bonchev–Trinajstić information content (AvgIpc) is 2.50. The molecule has 6 heteroatoms. The zero-order valence-electron chi connectivity index (χ0n) is 13.4. The van der Waals surface area contributed by atoms with E-state index in [1.165, 1.54) is 13.0 Å². The van der Waals surface area contributed by atoms with Gasteiger partial charge in [-0.3, -0.25) is 4.79 Å². The molecule has 1 aromatic rings. The highest BCUT2D eigenvalue weighted by Gasteiger charge is 2.16. The molecular formula is C16H24F2N2O2.